The van der Waals surface area contributed by atoms with Gasteiger partial charge in [-0.2, -0.15) is 10.5 Å². The van der Waals surface area contributed by atoms with Crippen LogP contribution in [-0.2, 0) is 6.42 Å². The van der Waals surface area contributed by atoms with Crippen LogP contribution in [0.5, 0.6) is 0 Å². The van der Waals surface area contributed by atoms with E-state index in [1.807, 2.05) is 19.1 Å². The summed E-state index contributed by atoms with van der Waals surface area (Å²) in [6, 6.07) is 8.02. The van der Waals surface area contributed by atoms with Gasteiger partial charge in [0.1, 0.15) is 23.6 Å². The summed E-state index contributed by atoms with van der Waals surface area (Å²) in [5.74, 6) is -0.392. The van der Waals surface area contributed by atoms with Gasteiger partial charge in [-0.1, -0.05) is 12.1 Å². The van der Waals surface area contributed by atoms with E-state index in [0.717, 1.165) is 30.4 Å². The zero-order valence-corrected chi connectivity index (χ0v) is 13.2. The van der Waals surface area contributed by atoms with Gasteiger partial charge < -0.3 is 5.11 Å². The molecule has 2 bridgehead atoms. The number of benzene rings is 1. The predicted octanol–water partition coefficient (Wildman–Crippen LogP) is 3.83. The molecule has 4 rings (SSSR count). The Morgan fingerprint density at radius 2 is 1.78 bits per heavy atom. The minimum atomic E-state index is -1.24. The molecule has 1 aromatic rings. The summed E-state index contributed by atoms with van der Waals surface area (Å²) in [7, 11) is 0. The van der Waals surface area contributed by atoms with Gasteiger partial charge in [0.25, 0.3) is 0 Å². The number of nitrogens with zero attached hydrogens (tertiary/aromatic N) is 2. The van der Waals surface area contributed by atoms with Gasteiger partial charge in [0.2, 0.25) is 0 Å². The number of aryl methyl sites for hydroxylation is 2. The highest BCUT2D eigenvalue weighted by molar-refractivity contribution is 5.54. The molecule has 0 radical (unpaired) electrons. The van der Waals surface area contributed by atoms with Crippen LogP contribution in [0.1, 0.15) is 54.4 Å². The van der Waals surface area contributed by atoms with Crippen LogP contribution in [0.25, 0.3) is 0 Å². The fourth-order valence-electron chi connectivity index (χ4n) is 3.88. The van der Waals surface area contributed by atoms with E-state index in [-0.39, 0.29) is 5.41 Å². The summed E-state index contributed by atoms with van der Waals surface area (Å²) in [6.07, 6.45) is 5.46. The summed E-state index contributed by atoms with van der Waals surface area (Å²) in [5, 5.41) is 28.8. The van der Waals surface area contributed by atoms with Gasteiger partial charge in [-0.15, -0.1) is 0 Å². The number of allylic oxidation sites excluding steroid dienone is 1. The molecule has 0 aromatic heterocycles. The number of nitriles is 2. The third-order valence-electron chi connectivity index (χ3n) is 5.57. The maximum atomic E-state index is 14.1. The molecule has 1 aromatic carbocycles. The van der Waals surface area contributed by atoms with Crippen LogP contribution in [0.15, 0.2) is 24.0 Å². The van der Waals surface area contributed by atoms with E-state index in [9.17, 15) is 20.0 Å². The first-order chi connectivity index (χ1) is 10.9. The Hall–Kier alpha value is -2.17. The molecule has 1 fully saturated rings. The highest BCUT2D eigenvalue weighted by Gasteiger charge is 2.48. The van der Waals surface area contributed by atoms with Crippen LogP contribution in [0.4, 0.5) is 4.39 Å². The molecule has 0 heterocycles. The summed E-state index contributed by atoms with van der Waals surface area (Å²) in [6.45, 7) is 1.82. The maximum Gasteiger partial charge on any atom is 0.128 e. The maximum absolute atomic E-state index is 14.1. The van der Waals surface area contributed by atoms with Crippen LogP contribution < -0.4 is 0 Å². The lowest BCUT2D eigenvalue weighted by atomic mass is 9.61. The van der Waals surface area contributed by atoms with Gasteiger partial charge in [-0.25, -0.2) is 4.39 Å². The summed E-state index contributed by atoms with van der Waals surface area (Å²) < 4.78 is 14.1. The van der Waals surface area contributed by atoms with Gasteiger partial charge in [0.05, 0.1) is 11.1 Å². The zero-order valence-electron chi connectivity index (χ0n) is 13.2. The van der Waals surface area contributed by atoms with Crippen molar-refractivity contribution in [1.82, 2.24) is 0 Å². The van der Waals surface area contributed by atoms with Crippen molar-refractivity contribution in [2.24, 2.45) is 5.41 Å². The summed E-state index contributed by atoms with van der Waals surface area (Å²) in [5.41, 5.74) is 1.07. The fourth-order valence-corrected chi connectivity index (χ4v) is 3.88. The lowest BCUT2D eigenvalue weighted by molar-refractivity contribution is -0.0313. The van der Waals surface area contributed by atoms with Crippen molar-refractivity contribution in [2.45, 2.75) is 51.0 Å². The number of aliphatic hydroxyl groups is 1. The molecule has 3 nitrogen and oxygen atoms in total. The minimum absolute atomic E-state index is 0.223. The SMILES string of the molecule is Cc1ccc(CCC23C=C(F)C(O)(CC2)CC3)c(C#N)c1C#N. The van der Waals surface area contributed by atoms with Crippen LogP contribution in [0.2, 0.25) is 0 Å². The average Bonchev–Trinajstić information content (AvgIpc) is 2.55. The number of hydrogen-bond donors (Lipinski definition) is 1. The van der Waals surface area contributed by atoms with Crippen molar-refractivity contribution in [1.29, 1.82) is 10.5 Å². The Morgan fingerprint density at radius 1 is 1.13 bits per heavy atom. The van der Waals surface area contributed by atoms with Crippen LogP contribution >= 0.6 is 0 Å². The lowest BCUT2D eigenvalue weighted by Crippen LogP contribution is -2.44. The number of fused-ring (bicyclic) bond motifs is 2. The first-order valence-corrected chi connectivity index (χ1v) is 7.97. The Kier molecular flexibility index (Phi) is 3.74. The molecule has 118 valence electrons. The van der Waals surface area contributed by atoms with E-state index in [2.05, 4.69) is 12.1 Å². The highest BCUT2D eigenvalue weighted by Crippen LogP contribution is 2.53. The van der Waals surface area contributed by atoms with Crippen molar-refractivity contribution in [3.05, 3.63) is 46.3 Å². The second kappa shape index (κ2) is 5.48. The molecule has 3 aliphatic rings. The molecule has 1 saturated carbocycles. The van der Waals surface area contributed by atoms with Crippen molar-refractivity contribution in [3.8, 4) is 12.1 Å². The number of hydrogen-bond acceptors (Lipinski definition) is 3. The van der Waals surface area contributed by atoms with Crippen molar-refractivity contribution in [3.63, 3.8) is 0 Å². The van der Waals surface area contributed by atoms with E-state index >= 15 is 0 Å². The molecule has 0 spiro atoms. The summed E-state index contributed by atoms with van der Waals surface area (Å²) in [4.78, 5) is 0. The Morgan fingerprint density at radius 3 is 2.35 bits per heavy atom. The Balaban J connectivity index is 1.86. The second-order valence-corrected chi connectivity index (χ2v) is 6.90. The smallest absolute Gasteiger partial charge is 0.128 e. The molecule has 23 heavy (non-hydrogen) atoms. The Bertz CT molecular complexity index is 759. The highest BCUT2D eigenvalue weighted by atomic mass is 19.1. The zero-order chi connectivity index (χ0) is 16.7. The van der Waals surface area contributed by atoms with E-state index in [1.54, 1.807) is 6.08 Å². The third-order valence-corrected chi connectivity index (χ3v) is 5.57. The molecule has 0 amide bonds. The molecule has 1 N–H and O–H groups in total. The first-order valence-electron chi connectivity index (χ1n) is 7.97. The molecule has 0 atom stereocenters. The van der Waals surface area contributed by atoms with Gasteiger partial charge in [0, 0.05) is 0 Å². The molecule has 0 aliphatic heterocycles. The Labute approximate surface area is 135 Å². The van der Waals surface area contributed by atoms with Crippen molar-refractivity contribution >= 4 is 0 Å². The normalized spacial score (nSPS) is 28.8. The molecule has 0 unspecified atom stereocenters. The minimum Gasteiger partial charge on any atom is -0.383 e. The van der Waals surface area contributed by atoms with E-state index in [0.29, 0.717) is 30.4 Å². The summed E-state index contributed by atoms with van der Waals surface area (Å²) >= 11 is 0. The lowest BCUT2D eigenvalue weighted by Gasteiger charge is -2.47. The van der Waals surface area contributed by atoms with Crippen LogP contribution in [-0.4, -0.2) is 10.7 Å². The largest absolute Gasteiger partial charge is 0.383 e. The topological polar surface area (TPSA) is 67.8 Å². The van der Waals surface area contributed by atoms with Crippen LogP contribution in [0, 0.1) is 35.0 Å². The average molecular weight is 310 g/mol. The number of rotatable bonds is 3. The number of halogens is 1. The van der Waals surface area contributed by atoms with E-state index < -0.39 is 11.4 Å². The first kappa shape index (κ1) is 15.7. The van der Waals surface area contributed by atoms with Gasteiger partial charge in [-0.3, -0.25) is 0 Å². The fraction of sp³-hybridized carbons (Fsp3) is 0.474. The second-order valence-electron chi connectivity index (χ2n) is 6.90. The van der Waals surface area contributed by atoms with Gasteiger partial charge >= 0.3 is 0 Å². The molecule has 0 saturated heterocycles. The molecule has 4 heteroatoms. The van der Waals surface area contributed by atoms with Gasteiger partial charge in [-0.05, 0) is 68.1 Å². The van der Waals surface area contributed by atoms with Gasteiger partial charge in [0.15, 0.2) is 0 Å². The standard InChI is InChI=1S/C19H19FN2O/c1-13-2-3-14(16(12-22)15(13)11-21)4-5-18-6-8-19(23,9-7-18)17(20)10-18/h2-3,10,23H,4-9H2,1H3. The van der Waals surface area contributed by atoms with Crippen LogP contribution in [0.3, 0.4) is 0 Å². The monoisotopic (exact) mass is 310 g/mol. The molecule has 3 aliphatic carbocycles. The van der Waals surface area contributed by atoms with Crippen molar-refractivity contribution < 1.29 is 9.50 Å². The molecular formula is C19H19FN2O. The molecular weight excluding hydrogens is 291 g/mol. The predicted molar refractivity (Wildman–Crippen MR) is 84.0 cm³/mol. The quantitative estimate of drug-likeness (QED) is 0.922. The third kappa shape index (κ3) is 2.54. The van der Waals surface area contributed by atoms with E-state index in [1.165, 1.54) is 0 Å². The van der Waals surface area contributed by atoms with Crippen molar-refractivity contribution in [2.75, 3.05) is 0 Å². The van der Waals surface area contributed by atoms with E-state index in [4.69, 9.17) is 0 Å².